The minimum Gasteiger partial charge on any atom is -0.450 e. The summed E-state index contributed by atoms with van der Waals surface area (Å²) in [6.45, 7) is -0.389. The van der Waals surface area contributed by atoms with Crippen molar-refractivity contribution in [3.8, 4) is 0 Å². The van der Waals surface area contributed by atoms with Gasteiger partial charge >= 0.3 is 18.0 Å². The second-order valence-corrected chi connectivity index (χ2v) is 5.80. The molecule has 0 spiro atoms. The number of carboxylic acid groups (broad SMARTS) is 1. The predicted molar refractivity (Wildman–Crippen MR) is 78.1 cm³/mol. The largest absolute Gasteiger partial charge is 0.507 e. The maximum Gasteiger partial charge on any atom is 0.507 e. The van der Waals surface area contributed by atoms with Gasteiger partial charge in [-0.15, -0.1) is 0 Å². The fourth-order valence-electron chi connectivity index (χ4n) is 2.90. The van der Waals surface area contributed by atoms with E-state index in [1.165, 1.54) is 0 Å². The molecule has 11 heteroatoms. The lowest BCUT2D eigenvalue weighted by molar-refractivity contribution is -0.137. The summed E-state index contributed by atoms with van der Waals surface area (Å²) >= 11 is 0. The normalized spacial score (nSPS) is 17.0. The zero-order valence-corrected chi connectivity index (χ0v) is 13.2. The van der Waals surface area contributed by atoms with Gasteiger partial charge in [0.2, 0.25) is 0 Å². The maximum absolute atomic E-state index is 13.5. The van der Waals surface area contributed by atoms with E-state index in [1.807, 2.05) is 0 Å². The number of alkyl halides is 3. The number of aromatic nitrogens is 3. The first-order chi connectivity index (χ1) is 12.1. The van der Waals surface area contributed by atoms with Crippen molar-refractivity contribution in [2.75, 3.05) is 0 Å². The standard InChI is InChI=1S/C15H13F4N3O4/c16-10-5-8(4-9(6-10)15(17,18)19)7-21-13(23)22-11(20-21)2-1-3-12(22)26-14(24)25/h4-6,12H,1-3,7H2,(H,24,25). The van der Waals surface area contributed by atoms with Gasteiger partial charge in [0.1, 0.15) is 11.6 Å². The maximum atomic E-state index is 13.5. The highest BCUT2D eigenvalue weighted by atomic mass is 19.4. The lowest BCUT2D eigenvalue weighted by atomic mass is 10.1. The molecule has 3 rings (SSSR count). The van der Waals surface area contributed by atoms with Crippen molar-refractivity contribution in [1.82, 2.24) is 14.3 Å². The summed E-state index contributed by atoms with van der Waals surface area (Å²) in [7, 11) is 0. The second kappa shape index (κ2) is 6.46. The number of nitrogens with zero attached hydrogens (tertiary/aromatic N) is 3. The number of benzene rings is 1. The molecule has 0 bridgehead atoms. The summed E-state index contributed by atoms with van der Waals surface area (Å²) in [5.41, 5.74) is -1.99. The summed E-state index contributed by atoms with van der Waals surface area (Å²) in [5, 5.41) is 12.8. The molecule has 0 amide bonds. The van der Waals surface area contributed by atoms with E-state index in [9.17, 15) is 27.2 Å². The average Bonchev–Trinajstić information content (AvgIpc) is 2.82. The van der Waals surface area contributed by atoms with Crippen LogP contribution in [0.4, 0.5) is 22.4 Å². The van der Waals surface area contributed by atoms with Crippen LogP contribution in [0.25, 0.3) is 0 Å². The van der Waals surface area contributed by atoms with Crippen LogP contribution in [0.15, 0.2) is 23.0 Å². The Hall–Kier alpha value is -2.85. The van der Waals surface area contributed by atoms with E-state index < -0.39 is 35.6 Å². The van der Waals surface area contributed by atoms with Crippen molar-refractivity contribution >= 4 is 6.16 Å². The molecule has 140 valence electrons. The number of carbonyl (C=O) groups is 1. The Labute approximate surface area is 143 Å². The number of hydrogen-bond acceptors (Lipinski definition) is 4. The molecule has 2 heterocycles. The molecule has 1 atom stereocenters. The van der Waals surface area contributed by atoms with Crippen molar-refractivity contribution in [2.24, 2.45) is 0 Å². The van der Waals surface area contributed by atoms with E-state index in [0.29, 0.717) is 18.9 Å². The number of aryl methyl sites for hydroxylation is 1. The monoisotopic (exact) mass is 375 g/mol. The van der Waals surface area contributed by atoms with Gasteiger partial charge in [0.15, 0.2) is 6.23 Å². The molecule has 0 radical (unpaired) electrons. The van der Waals surface area contributed by atoms with Gasteiger partial charge < -0.3 is 9.84 Å². The SMILES string of the molecule is O=C(O)OC1CCCc2nn(Cc3cc(F)cc(C(F)(F)F)c3)c(=O)n21. The third-order valence-corrected chi connectivity index (χ3v) is 3.93. The van der Waals surface area contributed by atoms with Gasteiger partial charge in [-0.3, -0.25) is 0 Å². The summed E-state index contributed by atoms with van der Waals surface area (Å²) in [5.74, 6) is -0.820. The highest BCUT2D eigenvalue weighted by Crippen LogP contribution is 2.30. The van der Waals surface area contributed by atoms with Crippen LogP contribution in [0.3, 0.4) is 0 Å². The highest BCUT2D eigenvalue weighted by molar-refractivity contribution is 5.56. The van der Waals surface area contributed by atoms with E-state index in [2.05, 4.69) is 9.84 Å². The molecule has 26 heavy (non-hydrogen) atoms. The summed E-state index contributed by atoms with van der Waals surface area (Å²) in [6, 6.07) is 1.98. The van der Waals surface area contributed by atoms with E-state index in [-0.39, 0.29) is 24.4 Å². The molecular formula is C15H13F4N3O4. The third kappa shape index (κ3) is 3.55. The molecule has 1 N–H and O–H groups in total. The summed E-state index contributed by atoms with van der Waals surface area (Å²) in [6.07, 6.45) is -6.12. The molecule has 1 aliphatic heterocycles. The Balaban J connectivity index is 1.95. The molecule has 1 aromatic carbocycles. The molecule has 0 saturated heterocycles. The quantitative estimate of drug-likeness (QED) is 0.659. The van der Waals surface area contributed by atoms with Crippen molar-refractivity contribution in [1.29, 1.82) is 0 Å². The molecule has 1 aromatic heterocycles. The highest BCUT2D eigenvalue weighted by Gasteiger charge is 2.32. The zero-order chi connectivity index (χ0) is 19.1. The minimum atomic E-state index is -4.73. The van der Waals surface area contributed by atoms with E-state index >= 15 is 0 Å². The smallest absolute Gasteiger partial charge is 0.450 e. The lowest BCUT2D eigenvalue weighted by Gasteiger charge is -2.21. The first-order valence-electron chi connectivity index (χ1n) is 7.59. The number of halogens is 4. The molecule has 0 saturated carbocycles. The Morgan fingerprint density at radius 3 is 2.73 bits per heavy atom. The van der Waals surface area contributed by atoms with Gasteiger partial charge in [-0.25, -0.2) is 23.2 Å². The van der Waals surface area contributed by atoms with Crippen LogP contribution in [0.1, 0.15) is 36.0 Å². The van der Waals surface area contributed by atoms with Crippen molar-refractivity contribution < 1.29 is 32.2 Å². The van der Waals surface area contributed by atoms with E-state index in [1.54, 1.807) is 0 Å². The Morgan fingerprint density at radius 1 is 1.35 bits per heavy atom. The number of rotatable bonds is 3. The second-order valence-electron chi connectivity index (χ2n) is 5.80. The van der Waals surface area contributed by atoms with Crippen LogP contribution in [0.5, 0.6) is 0 Å². The van der Waals surface area contributed by atoms with Crippen LogP contribution >= 0.6 is 0 Å². The Morgan fingerprint density at radius 2 is 2.08 bits per heavy atom. The topological polar surface area (TPSA) is 86.3 Å². The van der Waals surface area contributed by atoms with Crippen LogP contribution in [0, 0.1) is 5.82 Å². The molecule has 1 unspecified atom stereocenters. The van der Waals surface area contributed by atoms with Crippen LogP contribution < -0.4 is 5.69 Å². The van der Waals surface area contributed by atoms with Crippen molar-refractivity contribution in [3.05, 3.63) is 51.5 Å². The van der Waals surface area contributed by atoms with Crippen LogP contribution in [0.2, 0.25) is 0 Å². The van der Waals surface area contributed by atoms with Crippen LogP contribution in [-0.4, -0.2) is 25.6 Å². The zero-order valence-electron chi connectivity index (χ0n) is 13.2. The van der Waals surface area contributed by atoms with Gasteiger partial charge in [-0.05, 0) is 30.2 Å². The summed E-state index contributed by atoms with van der Waals surface area (Å²) in [4.78, 5) is 23.2. The Kier molecular flexibility index (Phi) is 4.46. The van der Waals surface area contributed by atoms with Gasteiger partial charge in [0, 0.05) is 12.8 Å². The number of fused-ring (bicyclic) bond motifs is 1. The first-order valence-corrected chi connectivity index (χ1v) is 7.59. The predicted octanol–water partition coefficient (Wildman–Crippen LogP) is 2.78. The first kappa shape index (κ1) is 18.0. The fourth-order valence-corrected chi connectivity index (χ4v) is 2.90. The van der Waals surface area contributed by atoms with Gasteiger partial charge in [-0.1, -0.05) is 0 Å². The molecule has 0 fully saturated rings. The Bertz CT molecular complexity index is 903. The third-order valence-electron chi connectivity index (χ3n) is 3.93. The molecular weight excluding hydrogens is 362 g/mol. The van der Waals surface area contributed by atoms with Crippen molar-refractivity contribution in [2.45, 2.75) is 38.2 Å². The van der Waals surface area contributed by atoms with Gasteiger partial charge in [0.05, 0.1) is 12.1 Å². The summed E-state index contributed by atoms with van der Waals surface area (Å²) < 4.78 is 58.5. The molecule has 0 aliphatic carbocycles. The van der Waals surface area contributed by atoms with Crippen molar-refractivity contribution in [3.63, 3.8) is 0 Å². The van der Waals surface area contributed by atoms with Gasteiger partial charge in [-0.2, -0.15) is 18.3 Å². The molecule has 2 aromatic rings. The molecule has 7 nitrogen and oxygen atoms in total. The van der Waals surface area contributed by atoms with Gasteiger partial charge in [0.25, 0.3) is 0 Å². The molecule has 1 aliphatic rings. The fraction of sp³-hybridized carbons (Fsp3) is 0.400. The van der Waals surface area contributed by atoms with Crippen LogP contribution in [-0.2, 0) is 23.9 Å². The average molecular weight is 375 g/mol. The lowest BCUT2D eigenvalue weighted by Crippen LogP contribution is -2.33. The number of hydrogen-bond donors (Lipinski definition) is 1. The van der Waals surface area contributed by atoms with E-state index in [0.717, 1.165) is 21.4 Å². The van der Waals surface area contributed by atoms with E-state index in [4.69, 9.17) is 5.11 Å². The number of ether oxygens (including phenoxy) is 1. The minimum absolute atomic E-state index is 0.0921.